The van der Waals surface area contributed by atoms with Crippen molar-refractivity contribution in [2.24, 2.45) is 0 Å². The van der Waals surface area contributed by atoms with Crippen molar-refractivity contribution in [2.75, 3.05) is 0 Å². The van der Waals surface area contributed by atoms with E-state index in [0.717, 1.165) is 6.07 Å². The van der Waals surface area contributed by atoms with E-state index in [1.54, 1.807) is 0 Å². The van der Waals surface area contributed by atoms with Gasteiger partial charge >= 0.3 is 12.1 Å². The first-order valence-electron chi connectivity index (χ1n) is 5.63. The SMILES string of the molecule is C=C(C)OC(=O)N[C@@H](Cc1ccc(O)cc1F)C(=O)O. The molecule has 1 atom stereocenters. The Balaban J connectivity index is 2.79. The fourth-order valence-corrected chi connectivity index (χ4v) is 1.45. The summed E-state index contributed by atoms with van der Waals surface area (Å²) in [7, 11) is 0. The molecule has 0 bridgehead atoms. The van der Waals surface area contributed by atoms with E-state index in [-0.39, 0.29) is 23.5 Å². The maximum atomic E-state index is 13.5. The van der Waals surface area contributed by atoms with Crippen molar-refractivity contribution >= 4 is 12.1 Å². The molecule has 0 radical (unpaired) electrons. The molecule has 0 saturated heterocycles. The zero-order chi connectivity index (χ0) is 15.3. The quantitative estimate of drug-likeness (QED) is 0.716. The van der Waals surface area contributed by atoms with Gasteiger partial charge in [-0.25, -0.2) is 14.0 Å². The molecule has 108 valence electrons. The maximum absolute atomic E-state index is 13.5. The van der Waals surface area contributed by atoms with E-state index in [2.05, 4.69) is 16.6 Å². The summed E-state index contributed by atoms with van der Waals surface area (Å²) in [5.41, 5.74) is 0.0471. The van der Waals surface area contributed by atoms with Crippen LogP contribution in [0, 0.1) is 5.82 Å². The van der Waals surface area contributed by atoms with Crippen molar-refractivity contribution in [2.45, 2.75) is 19.4 Å². The minimum atomic E-state index is -1.36. The molecule has 1 amide bonds. The van der Waals surface area contributed by atoms with Gasteiger partial charge in [0, 0.05) is 12.5 Å². The smallest absolute Gasteiger partial charge is 0.412 e. The van der Waals surface area contributed by atoms with Gasteiger partial charge in [0.1, 0.15) is 17.6 Å². The average Bonchev–Trinajstić information content (AvgIpc) is 2.30. The molecule has 1 rings (SSSR count). The lowest BCUT2D eigenvalue weighted by Crippen LogP contribution is -2.42. The van der Waals surface area contributed by atoms with Crippen LogP contribution >= 0.6 is 0 Å². The molecule has 7 heteroatoms. The second-order valence-corrected chi connectivity index (χ2v) is 4.11. The number of hydrogen-bond acceptors (Lipinski definition) is 4. The summed E-state index contributed by atoms with van der Waals surface area (Å²) >= 11 is 0. The van der Waals surface area contributed by atoms with Crippen molar-refractivity contribution < 1.29 is 28.9 Å². The number of carbonyl (C=O) groups is 2. The highest BCUT2D eigenvalue weighted by atomic mass is 19.1. The number of phenolic OH excluding ortho intramolecular Hbond substituents is 1. The number of hydrogen-bond donors (Lipinski definition) is 3. The molecular weight excluding hydrogens is 269 g/mol. The third-order valence-electron chi connectivity index (χ3n) is 2.32. The van der Waals surface area contributed by atoms with E-state index in [1.807, 2.05) is 0 Å². The van der Waals surface area contributed by atoms with Gasteiger partial charge in [-0.2, -0.15) is 0 Å². The van der Waals surface area contributed by atoms with Gasteiger partial charge in [-0.15, -0.1) is 0 Å². The number of nitrogens with one attached hydrogen (secondary N) is 1. The fourth-order valence-electron chi connectivity index (χ4n) is 1.45. The standard InChI is InChI=1S/C13H14FNO5/c1-7(2)20-13(19)15-11(12(17)18)5-8-3-4-9(16)6-10(8)14/h3-4,6,11,16H,1,5H2,2H3,(H,15,19)(H,17,18)/t11-/m0/s1. The van der Waals surface area contributed by atoms with Crippen LogP contribution < -0.4 is 5.32 Å². The van der Waals surface area contributed by atoms with Crippen molar-refractivity contribution in [3.05, 3.63) is 41.9 Å². The molecule has 3 N–H and O–H groups in total. The van der Waals surface area contributed by atoms with E-state index < -0.39 is 23.9 Å². The van der Waals surface area contributed by atoms with E-state index >= 15 is 0 Å². The Bertz CT molecular complexity index is 544. The Morgan fingerprint density at radius 1 is 1.50 bits per heavy atom. The number of ether oxygens (including phenoxy) is 1. The van der Waals surface area contributed by atoms with Gasteiger partial charge in [0.15, 0.2) is 0 Å². The molecular formula is C13H14FNO5. The number of amides is 1. The van der Waals surface area contributed by atoms with Gasteiger partial charge in [0.25, 0.3) is 0 Å². The number of alkyl carbamates (subject to hydrolysis) is 1. The third kappa shape index (κ3) is 4.60. The molecule has 0 aromatic heterocycles. The summed E-state index contributed by atoms with van der Waals surface area (Å²) in [6, 6.07) is 1.97. The van der Waals surface area contributed by atoms with Crippen molar-refractivity contribution in [3.8, 4) is 5.75 Å². The second-order valence-electron chi connectivity index (χ2n) is 4.11. The zero-order valence-electron chi connectivity index (χ0n) is 10.7. The highest BCUT2D eigenvalue weighted by Gasteiger charge is 2.22. The number of carbonyl (C=O) groups excluding carboxylic acids is 1. The van der Waals surface area contributed by atoms with Crippen LogP contribution in [0.15, 0.2) is 30.5 Å². The predicted octanol–water partition coefficient (Wildman–Crippen LogP) is 1.79. The van der Waals surface area contributed by atoms with Crippen LogP contribution in [-0.4, -0.2) is 28.3 Å². The number of aromatic hydroxyl groups is 1. The Morgan fingerprint density at radius 3 is 2.65 bits per heavy atom. The van der Waals surface area contributed by atoms with Gasteiger partial charge in [-0.05, 0) is 18.6 Å². The summed E-state index contributed by atoms with van der Waals surface area (Å²) in [6.45, 7) is 4.76. The first-order valence-corrected chi connectivity index (χ1v) is 5.63. The lowest BCUT2D eigenvalue weighted by Gasteiger charge is -2.15. The monoisotopic (exact) mass is 283 g/mol. The number of allylic oxidation sites excluding steroid dienone is 1. The topological polar surface area (TPSA) is 95.9 Å². The zero-order valence-corrected chi connectivity index (χ0v) is 10.7. The van der Waals surface area contributed by atoms with Crippen LogP contribution in [0.4, 0.5) is 9.18 Å². The number of benzene rings is 1. The van der Waals surface area contributed by atoms with Crippen molar-refractivity contribution in [1.82, 2.24) is 5.32 Å². The van der Waals surface area contributed by atoms with E-state index in [9.17, 15) is 14.0 Å². The van der Waals surface area contributed by atoms with Crippen LogP contribution in [0.1, 0.15) is 12.5 Å². The predicted molar refractivity (Wildman–Crippen MR) is 67.6 cm³/mol. The third-order valence-corrected chi connectivity index (χ3v) is 2.32. The fraction of sp³-hybridized carbons (Fsp3) is 0.231. The molecule has 1 aromatic rings. The van der Waals surface area contributed by atoms with Crippen LogP contribution in [0.3, 0.4) is 0 Å². The van der Waals surface area contributed by atoms with Gasteiger partial charge in [-0.3, -0.25) is 0 Å². The number of carboxylic acids is 1. The minimum Gasteiger partial charge on any atom is -0.508 e. The number of aliphatic carboxylic acids is 1. The molecule has 6 nitrogen and oxygen atoms in total. The molecule has 0 saturated carbocycles. The summed E-state index contributed by atoms with van der Waals surface area (Å²) in [5, 5.41) is 20.2. The van der Waals surface area contributed by atoms with E-state index in [1.165, 1.54) is 19.1 Å². The van der Waals surface area contributed by atoms with Crippen molar-refractivity contribution in [1.29, 1.82) is 0 Å². The van der Waals surface area contributed by atoms with Gasteiger partial charge in [0.05, 0.1) is 5.76 Å². The molecule has 0 aliphatic rings. The van der Waals surface area contributed by atoms with Crippen LogP contribution in [0.5, 0.6) is 5.75 Å². The van der Waals surface area contributed by atoms with Crippen LogP contribution in [0.25, 0.3) is 0 Å². The molecule has 1 aromatic carbocycles. The largest absolute Gasteiger partial charge is 0.508 e. The number of phenols is 1. The first-order chi connectivity index (χ1) is 9.29. The number of carboxylic acid groups (broad SMARTS) is 1. The van der Waals surface area contributed by atoms with Crippen molar-refractivity contribution in [3.63, 3.8) is 0 Å². The summed E-state index contributed by atoms with van der Waals surface area (Å²) in [5.74, 6) is -2.27. The lowest BCUT2D eigenvalue weighted by molar-refractivity contribution is -0.139. The van der Waals surface area contributed by atoms with E-state index in [4.69, 9.17) is 10.2 Å². The minimum absolute atomic E-state index is 0.0471. The maximum Gasteiger partial charge on any atom is 0.412 e. The molecule has 0 spiro atoms. The van der Waals surface area contributed by atoms with Gasteiger partial charge in [-0.1, -0.05) is 12.6 Å². The normalized spacial score (nSPS) is 11.5. The number of halogens is 1. The average molecular weight is 283 g/mol. The Labute approximate surface area is 114 Å². The number of rotatable bonds is 5. The first kappa shape index (κ1) is 15.5. The highest BCUT2D eigenvalue weighted by Crippen LogP contribution is 2.16. The summed E-state index contributed by atoms with van der Waals surface area (Å²) in [4.78, 5) is 22.3. The Morgan fingerprint density at radius 2 is 2.15 bits per heavy atom. The second kappa shape index (κ2) is 6.55. The van der Waals surface area contributed by atoms with Crippen LogP contribution in [-0.2, 0) is 16.0 Å². The summed E-state index contributed by atoms with van der Waals surface area (Å²) in [6.07, 6.45) is -1.27. The highest BCUT2D eigenvalue weighted by molar-refractivity contribution is 5.80. The molecule has 0 aliphatic heterocycles. The van der Waals surface area contributed by atoms with Gasteiger partial charge in [0.2, 0.25) is 0 Å². The van der Waals surface area contributed by atoms with Crippen LogP contribution in [0.2, 0.25) is 0 Å². The lowest BCUT2D eigenvalue weighted by atomic mass is 10.1. The molecule has 0 unspecified atom stereocenters. The molecule has 20 heavy (non-hydrogen) atoms. The molecule has 0 aliphatic carbocycles. The molecule has 0 fully saturated rings. The van der Waals surface area contributed by atoms with E-state index in [0.29, 0.717) is 0 Å². The molecule has 0 heterocycles. The Kier molecular flexibility index (Phi) is 5.08. The summed E-state index contributed by atoms with van der Waals surface area (Å²) < 4.78 is 18.1. The van der Waals surface area contributed by atoms with Gasteiger partial charge < -0.3 is 20.3 Å². The Hall–Kier alpha value is -2.57.